The molecule has 0 aliphatic heterocycles. The van der Waals surface area contributed by atoms with Gasteiger partial charge in [0.05, 0.1) is 16.4 Å². The van der Waals surface area contributed by atoms with Crippen molar-refractivity contribution in [3.8, 4) is 0 Å². The fourth-order valence-electron chi connectivity index (χ4n) is 7.19. The lowest BCUT2D eigenvalue weighted by Crippen LogP contribution is -2.65. The van der Waals surface area contributed by atoms with Crippen LogP contribution >= 0.6 is 0 Å². The first-order valence-electron chi connectivity index (χ1n) is 11.5. The number of carbonyl (C=O) groups is 2. The highest BCUT2D eigenvalue weighted by Crippen LogP contribution is 2.61. The molecule has 4 bridgehead atoms. The fraction of sp³-hybridized carbons (Fsp3) is 0.625. The summed E-state index contributed by atoms with van der Waals surface area (Å²) in [7, 11) is 0. The maximum absolute atomic E-state index is 13.8. The number of hydrogen-bond acceptors (Lipinski definition) is 3. The van der Waals surface area contributed by atoms with E-state index in [1.807, 2.05) is 6.92 Å². The lowest BCUT2D eigenvalue weighted by molar-refractivity contribution is -0.153. The van der Waals surface area contributed by atoms with Crippen LogP contribution in [0.15, 0.2) is 24.3 Å². The number of nitrogens with one attached hydrogen (secondary N) is 2. The average molecular weight is 445 g/mol. The molecule has 8 heteroatoms. The van der Waals surface area contributed by atoms with E-state index in [1.54, 1.807) is 31.2 Å². The van der Waals surface area contributed by atoms with Crippen LogP contribution in [-0.2, 0) is 9.59 Å². The van der Waals surface area contributed by atoms with Gasteiger partial charge >= 0.3 is 6.55 Å². The molecular formula is C24H30F2N4O2. The topological polar surface area (TPSA) is 76.0 Å². The van der Waals surface area contributed by atoms with Crippen molar-refractivity contribution in [2.45, 2.75) is 70.4 Å². The second-order valence-electron chi connectivity index (χ2n) is 10.4. The van der Waals surface area contributed by atoms with E-state index in [2.05, 4.69) is 15.6 Å². The monoisotopic (exact) mass is 444 g/mol. The van der Waals surface area contributed by atoms with Gasteiger partial charge < -0.3 is 10.6 Å². The minimum atomic E-state index is -2.70. The Morgan fingerprint density at radius 1 is 1.19 bits per heavy atom. The largest absolute Gasteiger partial charge is 0.355 e. The van der Waals surface area contributed by atoms with E-state index < -0.39 is 12.0 Å². The maximum Gasteiger partial charge on any atom is 0.320 e. The molecule has 4 fully saturated rings. The van der Waals surface area contributed by atoms with Gasteiger partial charge in [0, 0.05) is 24.9 Å². The van der Waals surface area contributed by atoms with Gasteiger partial charge in [-0.2, -0.15) is 8.78 Å². The SMILES string of the molecule is CC(=O)NC12C[C@@H]3C[C@@H](C1)CC(C(=O)NC[C@@H](C)c1nc4ccccc4n1C(F)F)(C3)C2. The second kappa shape index (κ2) is 7.52. The third-order valence-corrected chi connectivity index (χ3v) is 7.81. The molecule has 1 aromatic heterocycles. The molecule has 2 amide bonds. The van der Waals surface area contributed by atoms with E-state index in [0.717, 1.165) is 36.7 Å². The number of carbonyl (C=O) groups excluding carboxylic acids is 2. The molecule has 2 aromatic rings. The summed E-state index contributed by atoms with van der Waals surface area (Å²) in [6.45, 7) is 0.913. The highest BCUT2D eigenvalue weighted by atomic mass is 19.3. The lowest BCUT2D eigenvalue weighted by Gasteiger charge is -2.61. The minimum absolute atomic E-state index is 0.00659. The van der Waals surface area contributed by atoms with Crippen molar-refractivity contribution in [3.05, 3.63) is 30.1 Å². The van der Waals surface area contributed by atoms with Gasteiger partial charge in [-0.3, -0.25) is 14.2 Å². The van der Waals surface area contributed by atoms with Gasteiger partial charge in [0.25, 0.3) is 0 Å². The van der Waals surface area contributed by atoms with Crippen molar-refractivity contribution in [1.82, 2.24) is 20.2 Å². The summed E-state index contributed by atoms with van der Waals surface area (Å²) in [6, 6.07) is 6.86. The van der Waals surface area contributed by atoms with Gasteiger partial charge in [0.2, 0.25) is 11.8 Å². The van der Waals surface area contributed by atoms with Gasteiger partial charge in [0.1, 0.15) is 5.82 Å². The molecule has 3 atom stereocenters. The molecule has 172 valence electrons. The summed E-state index contributed by atoms with van der Waals surface area (Å²) in [5, 5.41) is 6.25. The van der Waals surface area contributed by atoms with Gasteiger partial charge in [-0.15, -0.1) is 0 Å². The molecule has 6 nitrogen and oxygen atoms in total. The normalized spacial score (nSPS) is 31.8. The number of nitrogens with zero attached hydrogens (tertiary/aromatic N) is 2. The summed E-state index contributed by atoms with van der Waals surface area (Å²) in [4.78, 5) is 29.7. The van der Waals surface area contributed by atoms with Crippen LogP contribution in [0, 0.1) is 17.3 Å². The molecule has 1 aromatic carbocycles. The van der Waals surface area contributed by atoms with Crippen LogP contribution in [0.5, 0.6) is 0 Å². The van der Waals surface area contributed by atoms with Crippen molar-refractivity contribution in [1.29, 1.82) is 0 Å². The Bertz CT molecular complexity index is 1050. The van der Waals surface area contributed by atoms with Crippen LogP contribution in [0.4, 0.5) is 8.78 Å². The quantitative estimate of drug-likeness (QED) is 0.704. The third kappa shape index (κ3) is 3.48. The number of amides is 2. The summed E-state index contributed by atoms with van der Waals surface area (Å²) >= 11 is 0. The number of benzene rings is 1. The summed E-state index contributed by atoms with van der Waals surface area (Å²) in [5.41, 5.74) is 0.172. The summed E-state index contributed by atoms with van der Waals surface area (Å²) in [5.74, 6) is 0.777. The summed E-state index contributed by atoms with van der Waals surface area (Å²) < 4.78 is 28.6. The number of hydrogen-bond donors (Lipinski definition) is 2. The van der Waals surface area contributed by atoms with E-state index >= 15 is 0 Å². The Labute approximate surface area is 186 Å². The van der Waals surface area contributed by atoms with E-state index in [1.165, 1.54) is 0 Å². The van der Waals surface area contributed by atoms with Crippen LogP contribution in [0.1, 0.15) is 70.7 Å². The van der Waals surface area contributed by atoms with Crippen molar-refractivity contribution in [3.63, 3.8) is 0 Å². The Balaban J connectivity index is 1.34. The van der Waals surface area contributed by atoms with Crippen LogP contribution in [0.2, 0.25) is 0 Å². The van der Waals surface area contributed by atoms with Crippen molar-refractivity contribution < 1.29 is 18.4 Å². The molecule has 6 rings (SSSR count). The minimum Gasteiger partial charge on any atom is -0.355 e. The average Bonchev–Trinajstić information content (AvgIpc) is 3.09. The Morgan fingerprint density at radius 2 is 1.88 bits per heavy atom. The highest BCUT2D eigenvalue weighted by molar-refractivity contribution is 5.84. The van der Waals surface area contributed by atoms with E-state index in [-0.39, 0.29) is 35.6 Å². The zero-order valence-electron chi connectivity index (χ0n) is 18.5. The zero-order chi connectivity index (χ0) is 22.7. The Morgan fingerprint density at radius 3 is 2.53 bits per heavy atom. The Kier molecular flexibility index (Phi) is 5.02. The van der Waals surface area contributed by atoms with Crippen molar-refractivity contribution in [2.24, 2.45) is 17.3 Å². The smallest absolute Gasteiger partial charge is 0.320 e. The van der Waals surface area contributed by atoms with Crippen LogP contribution in [-0.4, -0.2) is 33.4 Å². The number of para-hydroxylation sites is 2. The molecule has 1 heterocycles. The van der Waals surface area contributed by atoms with Gasteiger partial charge in [0.15, 0.2) is 0 Å². The van der Waals surface area contributed by atoms with E-state index in [0.29, 0.717) is 29.3 Å². The van der Waals surface area contributed by atoms with Gasteiger partial charge in [-0.05, 0) is 62.5 Å². The molecule has 0 saturated heterocycles. The fourth-order valence-corrected chi connectivity index (χ4v) is 7.19. The molecule has 2 N–H and O–H groups in total. The third-order valence-electron chi connectivity index (χ3n) is 7.81. The Hall–Kier alpha value is -2.51. The zero-order valence-corrected chi connectivity index (χ0v) is 18.5. The predicted molar refractivity (Wildman–Crippen MR) is 116 cm³/mol. The van der Waals surface area contributed by atoms with E-state index in [9.17, 15) is 18.4 Å². The first kappa shape index (κ1) is 21.3. The highest BCUT2D eigenvalue weighted by Gasteiger charge is 2.60. The molecule has 0 unspecified atom stereocenters. The number of rotatable bonds is 6. The van der Waals surface area contributed by atoms with Crippen molar-refractivity contribution >= 4 is 22.8 Å². The maximum atomic E-state index is 13.8. The lowest BCUT2D eigenvalue weighted by atomic mass is 9.46. The molecule has 0 spiro atoms. The number of fused-ring (bicyclic) bond motifs is 1. The number of alkyl halides is 2. The first-order chi connectivity index (χ1) is 15.2. The van der Waals surface area contributed by atoms with Gasteiger partial charge in [-0.1, -0.05) is 19.1 Å². The number of aromatic nitrogens is 2. The van der Waals surface area contributed by atoms with Crippen LogP contribution in [0.25, 0.3) is 11.0 Å². The number of halogens is 2. The van der Waals surface area contributed by atoms with E-state index in [4.69, 9.17) is 0 Å². The molecule has 4 aliphatic carbocycles. The van der Waals surface area contributed by atoms with Crippen LogP contribution in [0.3, 0.4) is 0 Å². The van der Waals surface area contributed by atoms with Crippen LogP contribution < -0.4 is 10.6 Å². The second-order valence-corrected chi connectivity index (χ2v) is 10.4. The van der Waals surface area contributed by atoms with Gasteiger partial charge in [-0.25, -0.2) is 4.98 Å². The first-order valence-corrected chi connectivity index (χ1v) is 11.5. The number of imidazole rings is 1. The van der Waals surface area contributed by atoms with Crippen molar-refractivity contribution in [2.75, 3.05) is 6.54 Å². The summed E-state index contributed by atoms with van der Waals surface area (Å²) in [6.07, 6.45) is 5.40. The standard InChI is InChI=1S/C24H30F2N4O2/c1-14(20-28-18-5-3-4-6-19(18)30(20)22(25)26)12-27-21(32)23-8-16-7-17(9-23)11-24(10-16,13-23)29-15(2)31/h3-6,14,16-17,22H,7-13H2,1-2H3,(H,27,32)(H,29,31)/t14-,16-,17-,23?,24?/m1/s1. The molecule has 0 radical (unpaired) electrons. The molecule has 4 aliphatic rings. The predicted octanol–water partition coefficient (Wildman–Crippen LogP) is 4.13. The molecule has 4 saturated carbocycles. The molecular weight excluding hydrogens is 414 g/mol. The molecule has 32 heavy (non-hydrogen) atoms.